The van der Waals surface area contributed by atoms with Crippen LogP contribution in [0, 0.1) is 11.3 Å². The number of aromatic nitrogens is 2. The highest BCUT2D eigenvalue weighted by atomic mass is 32.1. The van der Waals surface area contributed by atoms with E-state index < -0.39 is 0 Å². The normalized spacial score (nSPS) is 10.7. The molecule has 0 amide bonds. The van der Waals surface area contributed by atoms with Gasteiger partial charge in [-0.15, -0.1) is 11.3 Å². The van der Waals surface area contributed by atoms with E-state index in [2.05, 4.69) is 4.98 Å². The molecule has 3 rings (SSSR count). The Hall–Kier alpha value is -2.98. The summed E-state index contributed by atoms with van der Waals surface area (Å²) in [5.74, 6) is -0.0359. The molecule has 0 aliphatic carbocycles. The van der Waals surface area contributed by atoms with Gasteiger partial charge in [0.25, 0.3) is 5.56 Å². The molecule has 7 heteroatoms. The molecule has 0 fully saturated rings. The number of carbonyl (C=O) groups is 1. The van der Waals surface area contributed by atoms with Gasteiger partial charge in [0.15, 0.2) is 5.82 Å². The molecule has 27 heavy (non-hydrogen) atoms. The number of nitrogens with zero attached hydrogens (tertiary/aromatic N) is 3. The number of unbranched alkanes of at least 4 members (excludes halogenated alkanes) is 1. The fraction of sp³-hybridized carbons (Fsp3) is 0.300. The molecule has 0 unspecified atom stereocenters. The van der Waals surface area contributed by atoms with Crippen LogP contribution in [0.5, 0.6) is 0 Å². The van der Waals surface area contributed by atoms with E-state index in [9.17, 15) is 9.59 Å². The average molecular weight is 381 g/mol. The minimum Gasteiger partial charge on any atom is -0.458 e. The monoisotopic (exact) mass is 381 g/mol. The highest BCUT2D eigenvalue weighted by Gasteiger charge is 2.17. The van der Waals surface area contributed by atoms with Crippen LogP contribution in [0.4, 0.5) is 0 Å². The van der Waals surface area contributed by atoms with Crippen molar-refractivity contribution in [1.29, 1.82) is 5.26 Å². The third kappa shape index (κ3) is 4.07. The molecule has 0 atom stereocenters. The molecular formula is C20H19N3O3S. The summed E-state index contributed by atoms with van der Waals surface area (Å²) in [7, 11) is 0. The van der Waals surface area contributed by atoms with Crippen LogP contribution in [0.2, 0.25) is 0 Å². The van der Waals surface area contributed by atoms with Crippen LogP contribution in [-0.2, 0) is 22.7 Å². The largest absolute Gasteiger partial charge is 0.458 e. The molecule has 138 valence electrons. The lowest BCUT2D eigenvalue weighted by Gasteiger charge is -2.10. The van der Waals surface area contributed by atoms with Gasteiger partial charge in [-0.05, 0) is 12.0 Å². The van der Waals surface area contributed by atoms with E-state index in [1.165, 1.54) is 15.9 Å². The first-order chi connectivity index (χ1) is 13.2. The lowest BCUT2D eigenvalue weighted by molar-refractivity contribution is -0.145. The molecule has 0 saturated heterocycles. The third-order valence-corrected chi connectivity index (χ3v) is 5.06. The van der Waals surface area contributed by atoms with Crippen molar-refractivity contribution in [3.8, 4) is 17.2 Å². The van der Waals surface area contributed by atoms with E-state index in [1.54, 1.807) is 0 Å². The molecule has 6 nitrogen and oxygen atoms in total. The zero-order valence-corrected chi connectivity index (χ0v) is 15.8. The Morgan fingerprint density at radius 2 is 2.11 bits per heavy atom. The number of esters is 1. The second-order valence-electron chi connectivity index (χ2n) is 6.04. The van der Waals surface area contributed by atoms with Crippen LogP contribution in [0.3, 0.4) is 0 Å². The number of thiophene rings is 1. The molecule has 0 saturated carbocycles. The molecule has 0 spiro atoms. The van der Waals surface area contributed by atoms with Crippen LogP contribution in [0.1, 0.15) is 32.0 Å². The van der Waals surface area contributed by atoms with Crippen LogP contribution in [-0.4, -0.2) is 15.5 Å². The smallest absolute Gasteiger partial charge is 0.306 e. The summed E-state index contributed by atoms with van der Waals surface area (Å²) in [6.07, 6.45) is 1.98. The second kappa shape index (κ2) is 8.60. The third-order valence-electron chi connectivity index (χ3n) is 4.18. The summed E-state index contributed by atoms with van der Waals surface area (Å²) in [6, 6.07) is 11.6. The fourth-order valence-electron chi connectivity index (χ4n) is 2.78. The van der Waals surface area contributed by atoms with Gasteiger partial charge < -0.3 is 4.74 Å². The fourth-order valence-corrected chi connectivity index (χ4v) is 3.74. The van der Waals surface area contributed by atoms with Crippen molar-refractivity contribution >= 4 is 27.5 Å². The molecule has 2 aromatic heterocycles. The average Bonchev–Trinajstić information content (AvgIpc) is 3.12. The van der Waals surface area contributed by atoms with Crippen molar-refractivity contribution in [2.45, 2.75) is 39.3 Å². The van der Waals surface area contributed by atoms with Gasteiger partial charge in [0, 0.05) is 17.4 Å². The van der Waals surface area contributed by atoms with E-state index in [1.807, 2.05) is 48.7 Å². The second-order valence-corrected chi connectivity index (χ2v) is 6.90. The standard InChI is InChI=1S/C20H19N3O3S/c1-2-3-9-17(24)26-12-16-22-19-18(20(25)23(16)11-10-21)15(13-27-19)14-7-5-4-6-8-14/h4-8,13H,2-3,9,11-12H2,1H3. The van der Waals surface area contributed by atoms with Crippen LogP contribution in [0.25, 0.3) is 21.3 Å². The Morgan fingerprint density at radius 1 is 1.33 bits per heavy atom. The van der Waals surface area contributed by atoms with Gasteiger partial charge in [0.2, 0.25) is 0 Å². The minimum atomic E-state index is -0.328. The molecule has 2 heterocycles. The highest BCUT2D eigenvalue weighted by molar-refractivity contribution is 7.17. The minimum absolute atomic E-state index is 0.117. The number of fused-ring (bicyclic) bond motifs is 1. The summed E-state index contributed by atoms with van der Waals surface area (Å²) in [4.78, 5) is 29.9. The van der Waals surface area contributed by atoms with Crippen molar-refractivity contribution in [2.24, 2.45) is 0 Å². The first-order valence-corrected chi connectivity index (χ1v) is 9.62. The molecule has 3 aromatic rings. The predicted octanol–water partition coefficient (Wildman–Crippen LogP) is 3.88. The Labute approximate surface area is 160 Å². The van der Waals surface area contributed by atoms with Gasteiger partial charge in [-0.2, -0.15) is 5.26 Å². The number of ether oxygens (including phenoxy) is 1. The number of nitriles is 1. The number of hydrogen-bond acceptors (Lipinski definition) is 6. The Bertz CT molecular complexity index is 1050. The molecule has 0 radical (unpaired) electrons. The maximum atomic E-state index is 13.0. The highest BCUT2D eigenvalue weighted by Crippen LogP contribution is 2.30. The summed E-state index contributed by atoms with van der Waals surface area (Å²) >= 11 is 1.36. The number of rotatable bonds is 7. The van der Waals surface area contributed by atoms with Crippen LogP contribution < -0.4 is 5.56 Å². The van der Waals surface area contributed by atoms with Crippen molar-refractivity contribution in [2.75, 3.05) is 0 Å². The SMILES string of the molecule is CCCCC(=O)OCc1nc2scc(-c3ccccc3)c2c(=O)n1CC#N. The zero-order chi connectivity index (χ0) is 19.2. The number of hydrogen-bond donors (Lipinski definition) is 0. The van der Waals surface area contributed by atoms with Crippen molar-refractivity contribution in [1.82, 2.24) is 9.55 Å². The van der Waals surface area contributed by atoms with E-state index in [0.29, 0.717) is 22.5 Å². The molecule has 0 N–H and O–H groups in total. The van der Waals surface area contributed by atoms with Gasteiger partial charge in [-0.25, -0.2) is 4.98 Å². The lowest BCUT2D eigenvalue weighted by atomic mass is 10.1. The van der Waals surface area contributed by atoms with E-state index in [0.717, 1.165) is 24.0 Å². The summed E-state index contributed by atoms with van der Waals surface area (Å²) < 4.78 is 6.53. The quantitative estimate of drug-likeness (QED) is 0.580. The molecule has 1 aromatic carbocycles. The maximum absolute atomic E-state index is 13.0. The first kappa shape index (κ1) is 18.8. The van der Waals surface area contributed by atoms with Gasteiger partial charge >= 0.3 is 5.97 Å². The van der Waals surface area contributed by atoms with Crippen LogP contribution >= 0.6 is 11.3 Å². The first-order valence-electron chi connectivity index (χ1n) is 8.74. The summed E-state index contributed by atoms with van der Waals surface area (Å²) in [6.45, 7) is 1.73. The molecule has 0 bridgehead atoms. The van der Waals surface area contributed by atoms with Crippen molar-refractivity contribution in [3.05, 3.63) is 51.9 Å². The van der Waals surface area contributed by atoms with E-state index in [4.69, 9.17) is 10.00 Å². The van der Waals surface area contributed by atoms with Gasteiger partial charge in [0.1, 0.15) is 18.0 Å². The summed E-state index contributed by atoms with van der Waals surface area (Å²) in [5.41, 5.74) is 1.43. The Morgan fingerprint density at radius 3 is 2.81 bits per heavy atom. The molecular weight excluding hydrogens is 362 g/mol. The lowest BCUT2D eigenvalue weighted by Crippen LogP contribution is -2.26. The van der Waals surface area contributed by atoms with Crippen molar-refractivity contribution < 1.29 is 9.53 Å². The predicted molar refractivity (Wildman–Crippen MR) is 104 cm³/mol. The molecule has 0 aliphatic rings. The summed E-state index contributed by atoms with van der Waals surface area (Å²) in [5, 5.41) is 11.5. The number of benzene rings is 1. The Balaban J connectivity index is 2.01. The topological polar surface area (TPSA) is 85.0 Å². The van der Waals surface area contributed by atoms with Crippen molar-refractivity contribution in [3.63, 3.8) is 0 Å². The maximum Gasteiger partial charge on any atom is 0.306 e. The van der Waals surface area contributed by atoms with Gasteiger partial charge in [0.05, 0.1) is 11.5 Å². The Kier molecular flexibility index (Phi) is 5.99. The molecule has 0 aliphatic heterocycles. The van der Waals surface area contributed by atoms with Gasteiger partial charge in [-0.1, -0.05) is 43.7 Å². The number of carbonyl (C=O) groups excluding carboxylic acids is 1. The van der Waals surface area contributed by atoms with E-state index in [-0.39, 0.29) is 24.7 Å². The van der Waals surface area contributed by atoms with E-state index >= 15 is 0 Å². The van der Waals surface area contributed by atoms with Gasteiger partial charge in [-0.3, -0.25) is 14.2 Å². The van der Waals surface area contributed by atoms with Crippen LogP contribution in [0.15, 0.2) is 40.5 Å². The zero-order valence-electron chi connectivity index (χ0n) is 15.0.